The van der Waals surface area contributed by atoms with Gasteiger partial charge in [-0.15, -0.1) is 5.10 Å². The Hall–Kier alpha value is -1.63. The Morgan fingerprint density at radius 2 is 2.06 bits per heavy atom. The zero-order valence-electron chi connectivity index (χ0n) is 11.1. The molecule has 0 bridgehead atoms. The van der Waals surface area contributed by atoms with Gasteiger partial charge in [0.15, 0.2) is 5.82 Å². The highest BCUT2D eigenvalue weighted by Crippen LogP contribution is 2.23. The molecule has 0 saturated carbocycles. The number of hydrogen-bond donors (Lipinski definition) is 0. The Morgan fingerprint density at radius 3 is 2.56 bits per heavy atom. The third-order valence-corrected chi connectivity index (χ3v) is 3.58. The molecule has 1 saturated heterocycles. The van der Waals surface area contributed by atoms with Crippen molar-refractivity contribution in [1.82, 2.24) is 10.2 Å². The lowest BCUT2D eigenvalue weighted by atomic mass is 9.94. The van der Waals surface area contributed by atoms with Crippen molar-refractivity contribution in [3.63, 3.8) is 0 Å². The average Bonchev–Trinajstić information content (AvgIpc) is 2.40. The van der Waals surface area contributed by atoms with Crippen molar-refractivity contribution < 1.29 is 0 Å². The Morgan fingerprint density at radius 1 is 1.33 bits per heavy atom. The third kappa shape index (κ3) is 2.98. The van der Waals surface area contributed by atoms with Crippen LogP contribution >= 0.6 is 0 Å². The number of rotatable bonds is 3. The molecule has 0 N–H and O–H groups in total. The van der Waals surface area contributed by atoms with Crippen LogP contribution in [0.3, 0.4) is 0 Å². The fourth-order valence-electron chi connectivity index (χ4n) is 2.31. The third-order valence-electron chi connectivity index (χ3n) is 3.58. The van der Waals surface area contributed by atoms with E-state index in [0.717, 1.165) is 37.4 Å². The number of nitrogens with zero attached hydrogens (tertiary/aromatic N) is 4. The maximum Gasteiger partial charge on any atom is 0.151 e. The minimum Gasteiger partial charge on any atom is -0.355 e. The fraction of sp³-hybridized carbons (Fsp3) is 0.643. The molecule has 4 heteroatoms. The van der Waals surface area contributed by atoms with Gasteiger partial charge in [0.1, 0.15) is 0 Å². The summed E-state index contributed by atoms with van der Waals surface area (Å²) in [5.41, 5.74) is 1.04. The lowest BCUT2D eigenvalue weighted by molar-refractivity contribution is 0.410. The summed E-state index contributed by atoms with van der Waals surface area (Å²) >= 11 is 0. The topological polar surface area (TPSA) is 52.8 Å². The number of hydrogen-bond acceptors (Lipinski definition) is 4. The molecular formula is C14H20N4. The van der Waals surface area contributed by atoms with Gasteiger partial charge in [-0.1, -0.05) is 13.8 Å². The number of nitriles is 1. The van der Waals surface area contributed by atoms with Crippen LogP contribution in [0.15, 0.2) is 12.1 Å². The van der Waals surface area contributed by atoms with Crippen molar-refractivity contribution in [3.8, 4) is 6.07 Å². The smallest absolute Gasteiger partial charge is 0.151 e. The first-order valence-corrected chi connectivity index (χ1v) is 6.66. The zero-order valence-corrected chi connectivity index (χ0v) is 11.1. The zero-order chi connectivity index (χ0) is 13.0. The van der Waals surface area contributed by atoms with Crippen molar-refractivity contribution in [2.45, 2.75) is 39.0 Å². The molecule has 1 aliphatic rings. The van der Waals surface area contributed by atoms with Gasteiger partial charge in [-0.3, -0.25) is 0 Å². The van der Waals surface area contributed by atoms with Gasteiger partial charge in [0.2, 0.25) is 0 Å². The Bertz CT molecular complexity index is 410. The molecule has 0 spiro atoms. The molecule has 1 aromatic heterocycles. The molecule has 0 atom stereocenters. The molecule has 1 fully saturated rings. The number of anilines is 1. The van der Waals surface area contributed by atoms with E-state index in [0.29, 0.717) is 18.3 Å². The van der Waals surface area contributed by atoms with E-state index >= 15 is 0 Å². The van der Waals surface area contributed by atoms with Crippen LogP contribution < -0.4 is 4.90 Å². The lowest BCUT2D eigenvalue weighted by Gasteiger charge is -2.31. The summed E-state index contributed by atoms with van der Waals surface area (Å²) in [7, 11) is 0. The second-order valence-corrected chi connectivity index (χ2v) is 5.26. The monoisotopic (exact) mass is 244 g/mol. The first kappa shape index (κ1) is 12.8. The predicted molar refractivity (Wildman–Crippen MR) is 71.3 cm³/mol. The van der Waals surface area contributed by atoms with Crippen LogP contribution in [0.4, 0.5) is 5.82 Å². The van der Waals surface area contributed by atoms with Gasteiger partial charge >= 0.3 is 0 Å². The summed E-state index contributed by atoms with van der Waals surface area (Å²) in [6.07, 6.45) is 2.86. The lowest BCUT2D eigenvalue weighted by Crippen LogP contribution is -2.34. The normalized spacial score (nSPS) is 16.9. The van der Waals surface area contributed by atoms with E-state index in [1.54, 1.807) is 0 Å². The van der Waals surface area contributed by atoms with Gasteiger partial charge in [-0.25, -0.2) is 0 Å². The summed E-state index contributed by atoms with van der Waals surface area (Å²) in [6, 6.07) is 6.39. The minimum absolute atomic E-state index is 0.424. The minimum atomic E-state index is 0.424. The molecular weight excluding hydrogens is 224 g/mol. The van der Waals surface area contributed by atoms with E-state index in [1.165, 1.54) is 0 Å². The van der Waals surface area contributed by atoms with Gasteiger partial charge in [0.05, 0.1) is 11.8 Å². The van der Waals surface area contributed by atoms with Crippen LogP contribution in [0, 0.1) is 17.2 Å². The van der Waals surface area contributed by atoms with Crippen molar-refractivity contribution in [3.05, 3.63) is 17.8 Å². The first-order chi connectivity index (χ1) is 8.70. The quantitative estimate of drug-likeness (QED) is 0.820. The molecule has 0 amide bonds. The molecule has 1 aromatic rings. The van der Waals surface area contributed by atoms with Crippen LogP contribution in [0.2, 0.25) is 0 Å². The molecule has 0 radical (unpaired) electrons. The van der Waals surface area contributed by atoms with Gasteiger partial charge < -0.3 is 4.90 Å². The molecule has 2 rings (SSSR count). The molecule has 2 heterocycles. The highest BCUT2D eigenvalue weighted by Gasteiger charge is 2.20. The van der Waals surface area contributed by atoms with Crippen LogP contribution in [0.1, 0.15) is 44.7 Å². The van der Waals surface area contributed by atoms with E-state index in [4.69, 9.17) is 5.26 Å². The second kappa shape index (κ2) is 5.81. The molecule has 4 nitrogen and oxygen atoms in total. The van der Waals surface area contributed by atoms with Gasteiger partial charge in [-0.2, -0.15) is 10.4 Å². The Labute approximate surface area is 109 Å². The largest absolute Gasteiger partial charge is 0.355 e. The number of piperidine rings is 1. The maximum atomic E-state index is 8.70. The van der Waals surface area contributed by atoms with Crippen LogP contribution in [-0.4, -0.2) is 23.3 Å². The van der Waals surface area contributed by atoms with Crippen LogP contribution in [-0.2, 0) is 0 Å². The van der Waals surface area contributed by atoms with Gasteiger partial charge in [0.25, 0.3) is 0 Å². The molecule has 1 aliphatic heterocycles. The second-order valence-electron chi connectivity index (χ2n) is 5.26. The van der Waals surface area contributed by atoms with E-state index in [2.05, 4.69) is 47.1 Å². The predicted octanol–water partition coefficient (Wildman–Crippen LogP) is 2.73. The first-order valence-electron chi connectivity index (χ1n) is 6.66. The SMILES string of the molecule is CC(C)c1ccc(N2CCC(CC#N)CC2)nn1. The van der Waals surface area contributed by atoms with Crippen molar-refractivity contribution >= 4 is 5.82 Å². The summed E-state index contributed by atoms with van der Waals surface area (Å²) < 4.78 is 0. The molecule has 0 aliphatic carbocycles. The van der Waals surface area contributed by atoms with Crippen molar-refractivity contribution in [1.29, 1.82) is 5.26 Å². The highest BCUT2D eigenvalue weighted by atomic mass is 15.3. The maximum absolute atomic E-state index is 8.70. The summed E-state index contributed by atoms with van der Waals surface area (Å²) in [4.78, 5) is 2.27. The van der Waals surface area contributed by atoms with Crippen LogP contribution in [0.5, 0.6) is 0 Å². The Kier molecular flexibility index (Phi) is 4.14. The van der Waals surface area contributed by atoms with E-state index < -0.39 is 0 Å². The fourth-order valence-corrected chi connectivity index (χ4v) is 2.31. The Balaban J connectivity index is 1.95. The van der Waals surface area contributed by atoms with Crippen LogP contribution in [0.25, 0.3) is 0 Å². The molecule has 0 aromatic carbocycles. The average molecular weight is 244 g/mol. The molecule has 0 unspecified atom stereocenters. The van der Waals surface area contributed by atoms with E-state index in [-0.39, 0.29) is 0 Å². The molecule has 96 valence electrons. The summed E-state index contributed by atoms with van der Waals surface area (Å²) in [6.45, 7) is 6.22. The highest BCUT2D eigenvalue weighted by molar-refractivity contribution is 5.38. The molecule has 18 heavy (non-hydrogen) atoms. The van der Waals surface area contributed by atoms with E-state index in [9.17, 15) is 0 Å². The number of aromatic nitrogens is 2. The van der Waals surface area contributed by atoms with E-state index in [1.807, 2.05) is 0 Å². The van der Waals surface area contributed by atoms with Crippen molar-refractivity contribution in [2.24, 2.45) is 5.92 Å². The van der Waals surface area contributed by atoms with Gasteiger partial charge in [-0.05, 0) is 36.8 Å². The van der Waals surface area contributed by atoms with Crippen molar-refractivity contribution in [2.75, 3.05) is 18.0 Å². The van der Waals surface area contributed by atoms with Gasteiger partial charge in [0, 0.05) is 19.5 Å². The summed E-state index contributed by atoms with van der Waals surface area (Å²) in [5.74, 6) is 1.96. The summed E-state index contributed by atoms with van der Waals surface area (Å²) in [5, 5.41) is 17.3. The standard InChI is InChI=1S/C14H20N4/c1-11(2)13-3-4-14(17-16-13)18-9-6-12(5-8-15)7-10-18/h3-4,11-12H,5-7,9-10H2,1-2H3.